The summed E-state index contributed by atoms with van der Waals surface area (Å²) in [5.74, 6) is 0.969. The largest absolute Gasteiger partial charge is 0.507 e. The van der Waals surface area contributed by atoms with Crippen molar-refractivity contribution in [1.82, 2.24) is 5.32 Å². The van der Waals surface area contributed by atoms with E-state index >= 15 is 0 Å². The van der Waals surface area contributed by atoms with Gasteiger partial charge in [-0.1, -0.05) is 6.07 Å². The molecule has 88 valence electrons. The van der Waals surface area contributed by atoms with Crippen LogP contribution in [0.1, 0.15) is 29.9 Å². The van der Waals surface area contributed by atoms with Crippen LogP contribution in [0, 0.1) is 6.92 Å². The minimum atomic E-state index is 0.469. The number of nitrogens with one attached hydrogen (secondary N) is 1. The molecular formula is C13H19NOS. The summed E-state index contributed by atoms with van der Waals surface area (Å²) in [6.07, 6.45) is 4.45. The van der Waals surface area contributed by atoms with Crippen molar-refractivity contribution in [3.8, 4) is 5.75 Å². The van der Waals surface area contributed by atoms with Crippen molar-refractivity contribution in [1.29, 1.82) is 0 Å². The molecule has 16 heavy (non-hydrogen) atoms. The number of piperidine rings is 1. The molecule has 1 aliphatic rings. The Morgan fingerprint density at radius 3 is 2.88 bits per heavy atom. The van der Waals surface area contributed by atoms with Crippen molar-refractivity contribution in [3.63, 3.8) is 0 Å². The van der Waals surface area contributed by atoms with Crippen molar-refractivity contribution < 1.29 is 5.11 Å². The Balaban J connectivity index is 2.39. The van der Waals surface area contributed by atoms with Gasteiger partial charge in [-0.25, -0.2) is 0 Å². The Labute approximate surface area is 101 Å². The number of aryl methyl sites for hydroxylation is 1. The summed E-state index contributed by atoms with van der Waals surface area (Å²) in [5.41, 5.74) is 2.14. The van der Waals surface area contributed by atoms with Gasteiger partial charge in [-0.3, -0.25) is 0 Å². The number of phenolic OH excluding ortho intramolecular Hbond substituents is 1. The molecule has 1 atom stereocenters. The van der Waals surface area contributed by atoms with Crippen molar-refractivity contribution in [3.05, 3.63) is 23.3 Å². The van der Waals surface area contributed by atoms with Crippen LogP contribution < -0.4 is 5.32 Å². The first kappa shape index (κ1) is 11.8. The van der Waals surface area contributed by atoms with Gasteiger partial charge in [-0.2, -0.15) is 0 Å². The van der Waals surface area contributed by atoms with E-state index in [1.165, 1.54) is 17.7 Å². The minimum Gasteiger partial charge on any atom is -0.507 e. The lowest BCUT2D eigenvalue weighted by Gasteiger charge is -2.26. The molecule has 1 unspecified atom stereocenters. The molecule has 1 fully saturated rings. The average Bonchev–Trinajstić information content (AvgIpc) is 2.33. The van der Waals surface area contributed by atoms with Gasteiger partial charge in [0.25, 0.3) is 0 Å². The number of thioether (sulfide) groups is 1. The molecule has 0 aliphatic carbocycles. The van der Waals surface area contributed by atoms with Crippen LogP contribution in [0.3, 0.4) is 0 Å². The Morgan fingerprint density at radius 2 is 2.25 bits per heavy atom. The normalized spacial score (nSPS) is 21.0. The van der Waals surface area contributed by atoms with Gasteiger partial charge in [-0.15, -0.1) is 11.8 Å². The smallest absolute Gasteiger partial charge is 0.123 e. The minimum absolute atomic E-state index is 0.469. The third-order valence-corrected chi connectivity index (χ3v) is 4.10. The fourth-order valence-electron chi connectivity index (χ4n) is 2.37. The highest BCUT2D eigenvalue weighted by molar-refractivity contribution is 7.98. The molecule has 1 aromatic rings. The molecule has 0 amide bonds. The van der Waals surface area contributed by atoms with Crippen molar-refractivity contribution in [2.45, 2.75) is 30.6 Å². The fourth-order valence-corrected chi connectivity index (χ4v) is 3.06. The van der Waals surface area contributed by atoms with Crippen LogP contribution in [-0.4, -0.2) is 24.5 Å². The van der Waals surface area contributed by atoms with Gasteiger partial charge >= 0.3 is 0 Å². The van der Waals surface area contributed by atoms with E-state index in [-0.39, 0.29) is 0 Å². The van der Waals surface area contributed by atoms with Crippen molar-refractivity contribution >= 4 is 11.8 Å². The summed E-state index contributed by atoms with van der Waals surface area (Å²) in [6, 6.07) is 4.13. The molecule has 0 bridgehead atoms. The predicted molar refractivity (Wildman–Crippen MR) is 69.5 cm³/mol. The van der Waals surface area contributed by atoms with Gasteiger partial charge in [-0.05, 0) is 44.2 Å². The van der Waals surface area contributed by atoms with Crippen LogP contribution in [0.5, 0.6) is 5.75 Å². The number of hydrogen-bond donors (Lipinski definition) is 2. The highest BCUT2D eigenvalue weighted by Gasteiger charge is 2.22. The van der Waals surface area contributed by atoms with E-state index in [2.05, 4.69) is 17.6 Å². The number of benzene rings is 1. The summed E-state index contributed by atoms with van der Waals surface area (Å²) < 4.78 is 0. The van der Waals surface area contributed by atoms with Crippen molar-refractivity contribution in [2.75, 3.05) is 19.3 Å². The molecular weight excluding hydrogens is 218 g/mol. The van der Waals surface area contributed by atoms with Gasteiger partial charge < -0.3 is 10.4 Å². The second-order valence-corrected chi connectivity index (χ2v) is 5.24. The molecule has 0 aromatic heterocycles. The van der Waals surface area contributed by atoms with Crippen LogP contribution in [0.25, 0.3) is 0 Å². The summed E-state index contributed by atoms with van der Waals surface area (Å²) in [7, 11) is 0. The van der Waals surface area contributed by atoms with E-state index in [9.17, 15) is 5.11 Å². The first-order valence-corrected chi connectivity index (χ1v) is 7.03. The lowest BCUT2D eigenvalue weighted by Crippen LogP contribution is -2.28. The topological polar surface area (TPSA) is 32.3 Å². The number of aromatic hydroxyl groups is 1. The van der Waals surface area contributed by atoms with Crippen LogP contribution >= 0.6 is 11.8 Å². The number of hydrogen-bond acceptors (Lipinski definition) is 3. The number of rotatable bonds is 2. The maximum atomic E-state index is 10.2. The Kier molecular flexibility index (Phi) is 3.77. The monoisotopic (exact) mass is 237 g/mol. The van der Waals surface area contributed by atoms with Crippen molar-refractivity contribution in [2.24, 2.45) is 0 Å². The Morgan fingerprint density at radius 1 is 1.44 bits per heavy atom. The highest BCUT2D eigenvalue weighted by Crippen LogP contribution is 2.39. The molecule has 2 nitrogen and oxygen atoms in total. The Bertz CT molecular complexity index is 372. The van der Waals surface area contributed by atoms with Gasteiger partial charge in [0.05, 0.1) is 0 Å². The zero-order chi connectivity index (χ0) is 11.5. The van der Waals surface area contributed by atoms with E-state index in [1.807, 2.05) is 13.0 Å². The molecule has 0 radical (unpaired) electrons. The van der Waals surface area contributed by atoms with Gasteiger partial charge in [0.15, 0.2) is 0 Å². The first-order valence-electron chi connectivity index (χ1n) is 5.81. The van der Waals surface area contributed by atoms with E-state index in [4.69, 9.17) is 0 Å². The molecule has 3 heteroatoms. The second kappa shape index (κ2) is 5.11. The maximum absolute atomic E-state index is 10.2. The van der Waals surface area contributed by atoms with E-state index in [1.54, 1.807) is 11.8 Å². The summed E-state index contributed by atoms with van der Waals surface area (Å²) in [4.78, 5) is 1.22. The molecule has 2 N–H and O–H groups in total. The summed E-state index contributed by atoms with van der Waals surface area (Å²) in [5, 5.41) is 13.6. The van der Waals surface area contributed by atoms with Crippen LogP contribution in [0.4, 0.5) is 0 Å². The zero-order valence-electron chi connectivity index (χ0n) is 9.92. The maximum Gasteiger partial charge on any atom is 0.123 e. The average molecular weight is 237 g/mol. The molecule has 1 heterocycles. The fraction of sp³-hybridized carbons (Fsp3) is 0.538. The third-order valence-electron chi connectivity index (χ3n) is 3.30. The predicted octanol–water partition coefficient (Wildman–Crippen LogP) is 2.89. The Hall–Kier alpha value is -0.670. The van der Waals surface area contributed by atoms with E-state index in [0.717, 1.165) is 24.2 Å². The standard InChI is InChI=1S/C13H19NOS/c1-9-5-6-11(16-2)12(13(9)15)10-4-3-7-14-8-10/h5-6,10,14-15H,3-4,7-8H2,1-2H3. The molecule has 1 aliphatic heterocycles. The molecule has 2 rings (SSSR count). The van der Waals surface area contributed by atoms with Crippen LogP contribution in [-0.2, 0) is 0 Å². The lowest BCUT2D eigenvalue weighted by atomic mass is 9.90. The lowest BCUT2D eigenvalue weighted by molar-refractivity contribution is 0.418. The van der Waals surface area contributed by atoms with E-state index in [0.29, 0.717) is 11.7 Å². The molecule has 0 saturated carbocycles. The second-order valence-electron chi connectivity index (χ2n) is 4.39. The van der Waals surface area contributed by atoms with E-state index < -0.39 is 0 Å². The SMILES string of the molecule is CSc1ccc(C)c(O)c1C1CCCNC1. The summed E-state index contributed by atoms with van der Waals surface area (Å²) >= 11 is 1.72. The molecule has 0 spiro atoms. The first-order chi connectivity index (χ1) is 7.74. The van der Waals surface area contributed by atoms with Gasteiger partial charge in [0, 0.05) is 22.9 Å². The quantitative estimate of drug-likeness (QED) is 0.776. The van der Waals surface area contributed by atoms with Crippen LogP contribution in [0.15, 0.2) is 17.0 Å². The zero-order valence-corrected chi connectivity index (χ0v) is 10.7. The molecule has 1 saturated heterocycles. The highest BCUT2D eigenvalue weighted by atomic mass is 32.2. The van der Waals surface area contributed by atoms with Crippen LogP contribution in [0.2, 0.25) is 0 Å². The third kappa shape index (κ3) is 2.20. The summed E-state index contributed by atoms with van der Waals surface area (Å²) in [6.45, 7) is 4.07. The van der Waals surface area contributed by atoms with Gasteiger partial charge in [0.2, 0.25) is 0 Å². The number of phenols is 1. The van der Waals surface area contributed by atoms with Gasteiger partial charge in [0.1, 0.15) is 5.75 Å². The molecule has 1 aromatic carbocycles.